The number of pyridine rings is 1. The second-order valence-electron chi connectivity index (χ2n) is 10.8. The van der Waals surface area contributed by atoms with Gasteiger partial charge in [-0.1, -0.05) is 5.92 Å². The number of fused-ring (bicyclic) bond motifs is 1. The zero-order chi connectivity index (χ0) is 28.1. The number of methoxy groups -OCH3 is 2. The van der Waals surface area contributed by atoms with Gasteiger partial charge in [0.05, 0.1) is 31.2 Å². The van der Waals surface area contributed by atoms with Crippen LogP contribution in [0.1, 0.15) is 68.8 Å². The Hall–Kier alpha value is -4.07. The molecule has 2 aromatic heterocycles. The average Bonchev–Trinajstić information content (AvgIpc) is 3.46. The summed E-state index contributed by atoms with van der Waals surface area (Å²) >= 11 is 0. The van der Waals surface area contributed by atoms with E-state index in [1.807, 2.05) is 25.5 Å². The van der Waals surface area contributed by atoms with E-state index >= 15 is 0 Å². The molecule has 1 aliphatic carbocycles. The summed E-state index contributed by atoms with van der Waals surface area (Å²) in [5, 5.41) is 5.29. The highest BCUT2D eigenvalue weighted by atomic mass is 19.1. The third-order valence-corrected chi connectivity index (χ3v) is 6.84. The van der Waals surface area contributed by atoms with Crippen LogP contribution in [0, 0.1) is 23.5 Å². The second-order valence-corrected chi connectivity index (χ2v) is 10.8. The molecule has 0 radical (unpaired) electrons. The number of nitrogens with zero attached hydrogens (tertiary/aromatic N) is 4. The van der Waals surface area contributed by atoms with Crippen LogP contribution in [0.25, 0.3) is 10.9 Å². The molecule has 1 saturated carbocycles. The number of hydrogen-bond acceptors (Lipinski definition) is 7. The van der Waals surface area contributed by atoms with E-state index in [2.05, 4.69) is 16.8 Å². The van der Waals surface area contributed by atoms with Crippen molar-refractivity contribution in [1.82, 2.24) is 19.7 Å². The minimum atomic E-state index is -0.944. The topological polar surface area (TPSA) is 105 Å². The molecule has 1 atom stereocenters. The highest BCUT2D eigenvalue weighted by Crippen LogP contribution is 2.45. The molecule has 1 amide bonds. The van der Waals surface area contributed by atoms with Gasteiger partial charge in [-0.25, -0.2) is 18.6 Å². The van der Waals surface area contributed by atoms with Crippen LogP contribution in [0.4, 0.5) is 19.4 Å². The Labute approximate surface area is 225 Å². The van der Waals surface area contributed by atoms with Crippen molar-refractivity contribution in [1.29, 1.82) is 0 Å². The summed E-state index contributed by atoms with van der Waals surface area (Å²) in [6.45, 7) is 6.37. The Balaban J connectivity index is 1.60. The molecule has 2 fully saturated rings. The maximum absolute atomic E-state index is 15.0. The Morgan fingerprint density at radius 2 is 1.77 bits per heavy atom. The highest BCUT2D eigenvalue weighted by molar-refractivity contribution is 5.95. The number of nitrogens with two attached hydrogens (primary N) is 1. The number of anilines is 1. The van der Waals surface area contributed by atoms with E-state index in [1.165, 1.54) is 14.2 Å². The van der Waals surface area contributed by atoms with Gasteiger partial charge in [0.25, 0.3) is 0 Å². The fourth-order valence-electron chi connectivity index (χ4n) is 4.81. The number of amides is 1. The summed E-state index contributed by atoms with van der Waals surface area (Å²) in [4.78, 5) is 18.7. The van der Waals surface area contributed by atoms with Crippen LogP contribution in [-0.4, -0.2) is 58.7 Å². The van der Waals surface area contributed by atoms with Crippen molar-refractivity contribution in [3.05, 3.63) is 40.7 Å². The minimum Gasteiger partial charge on any atom is -0.493 e. The first-order valence-electron chi connectivity index (χ1n) is 12.8. The van der Waals surface area contributed by atoms with Gasteiger partial charge in [-0.05, 0) is 57.4 Å². The molecule has 1 aromatic carbocycles. The fourth-order valence-corrected chi connectivity index (χ4v) is 4.81. The zero-order valence-corrected chi connectivity index (χ0v) is 22.6. The van der Waals surface area contributed by atoms with Gasteiger partial charge in [0.15, 0.2) is 23.1 Å². The van der Waals surface area contributed by atoms with Crippen LogP contribution in [0.5, 0.6) is 11.5 Å². The largest absolute Gasteiger partial charge is 0.493 e. The first kappa shape index (κ1) is 26.5. The predicted molar refractivity (Wildman–Crippen MR) is 141 cm³/mol. The van der Waals surface area contributed by atoms with Crippen LogP contribution < -0.4 is 15.2 Å². The van der Waals surface area contributed by atoms with E-state index in [0.717, 1.165) is 30.0 Å². The van der Waals surface area contributed by atoms with E-state index in [1.54, 1.807) is 11.1 Å². The standard InChI is InChI=1S/C28H31F2N5O4/c1-28(2,3)39-27(36)34-11-10-16(14-34)35-25-18(15-6-7-15)13-32-26(31)22(25)19(33-35)9-8-17-23(29)20(37-4)12-21(38-5)24(17)30/h12-13,15-16H,6-7,10-11,14H2,1-5H3,(H2,31,32). The quantitative estimate of drug-likeness (QED) is 0.477. The maximum atomic E-state index is 15.0. The van der Waals surface area contributed by atoms with Gasteiger partial charge in [-0.2, -0.15) is 5.10 Å². The molecule has 5 rings (SSSR count). The van der Waals surface area contributed by atoms with Gasteiger partial charge in [-0.3, -0.25) is 4.68 Å². The lowest BCUT2D eigenvalue weighted by Gasteiger charge is -2.24. The molecule has 0 bridgehead atoms. The molecule has 11 heteroatoms. The number of aromatic nitrogens is 3. The molecule has 9 nitrogen and oxygen atoms in total. The fraction of sp³-hybridized carbons (Fsp3) is 0.464. The third kappa shape index (κ3) is 5.03. The van der Waals surface area contributed by atoms with Crippen molar-refractivity contribution in [3.63, 3.8) is 0 Å². The molecule has 1 aliphatic heterocycles. The lowest BCUT2D eigenvalue weighted by Crippen LogP contribution is -2.35. The Kier molecular flexibility index (Phi) is 6.74. The van der Waals surface area contributed by atoms with Crippen LogP contribution in [0.2, 0.25) is 0 Å². The molecule has 0 spiro atoms. The molecule has 39 heavy (non-hydrogen) atoms. The number of carbonyl (C=O) groups is 1. The zero-order valence-electron chi connectivity index (χ0n) is 22.6. The Morgan fingerprint density at radius 3 is 2.36 bits per heavy atom. The summed E-state index contributed by atoms with van der Waals surface area (Å²) in [6.07, 6.45) is 4.05. The molecular weight excluding hydrogens is 508 g/mol. The molecule has 1 unspecified atom stereocenters. The number of nitrogen functional groups attached to an aromatic ring is 1. The van der Waals surface area contributed by atoms with Crippen molar-refractivity contribution in [2.45, 2.75) is 57.6 Å². The van der Waals surface area contributed by atoms with Crippen molar-refractivity contribution in [2.24, 2.45) is 0 Å². The third-order valence-electron chi connectivity index (χ3n) is 6.84. The van der Waals surface area contributed by atoms with Crippen LogP contribution in [0.3, 0.4) is 0 Å². The monoisotopic (exact) mass is 539 g/mol. The Bertz CT molecular complexity index is 1490. The number of likely N-dealkylation sites (tertiary alicyclic amines) is 1. The number of halogens is 2. The van der Waals surface area contributed by atoms with Crippen molar-refractivity contribution in [2.75, 3.05) is 33.0 Å². The summed E-state index contributed by atoms with van der Waals surface area (Å²) < 4.78 is 47.4. The van der Waals surface area contributed by atoms with E-state index in [0.29, 0.717) is 30.8 Å². The average molecular weight is 540 g/mol. The molecule has 206 valence electrons. The number of benzene rings is 1. The molecule has 2 aliphatic rings. The molecule has 3 heterocycles. The summed E-state index contributed by atoms with van der Waals surface area (Å²) in [5.41, 5.74) is 7.23. The van der Waals surface area contributed by atoms with Crippen molar-refractivity contribution >= 4 is 22.8 Å². The van der Waals surface area contributed by atoms with Crippen LogP contribution in [0.15, 0.2) is 12.3 Å². The SMILES string of the molecule is COc1cc(OC)c(F)c(C#Cc2nn(C3CCN(C(=O)OC(C)(C)C)C3)c3c(C4CC4)cnc(N)c23)c1F. The predicted octanol–water partition coefficient (Wildman–Crippen LogP) is 4.77. The van der Waals surface area contributed by atoms with E-state index < -0.39 is 22.8 Å². The van der Waals surface area contributed by atoms with Crippen LogP contribution >= 0.6 is 0 Å². The molecular formula is C28H31F2N5O4. The first-order valence-corrected chi connectivity index (χ1v) is 12.8. The van der Waals surface area contributed by atoms with Gasteiger partial charge < -0.3 is 24.8 Å². The minimum absolute atomic E-state index is 0.166. The summed E-state index contributed by atoms with van der Waals surface area (Å²) in [5.74, 6) is 3.67. The maximum Gasteiger partial charge on any atom is 0.410 e. The molecule has 1 saturated heterocycles. The summed E-state index contributed by atoms with van der Waals surface area (Å²) in [7, 11) is 2.55. The molecule has 3 aromatic rings. The number of carbonyl (C=O) groups excluding carboxylic acids is 1. The van der Waals surface area contributed by atoms with Crippen LogP contribution in [-0.2, 0) is 4.74 Å². The van der Waals surface area contributed by atoms with Crippen molar-refractivity contribution in [3.8, 4) is 23.3 Å². The number of ether oxygens (including phenoxy) is 3. The second kappa shape index (κ2) is 9.91. The van der Waals surface area contributed by atoms with Gasteiger partial charge in [0.1, 0.15) is 22.7 Å². The summed E-state index contributed by atoms with van der Waals surface area (Å²) in [6, 6.07) is 0.959. The van der Waals surface area contributed by atoms with Gasteiger partial charge in [-0.15, -0.1) is 0 Å². The van der Waals surface area contributed by atoms with Crippen molar-refractivity contribution < 1.29 is 27.8 Å². The lowest BCUT2D eigenvalue weighted by molar-refractivity contribution is 0.0288. The molecule has 2 N–H and O–H groups in total. The first-order chi connectivity index (χ1) is 18.5. The lowest BCUT2D eigenvalue weighted by atomic mass is 10.1. The van der Waals surface area contributed by atoms with E-state index in [4.69, 9.17) is 25.0 Å². The highest BCUT2D eigenvalue weighted by Gasteiger charge is 2.35. The van der Waals surface area contributed by atoms with Gasteiger partial charge in [0, 0.05) is 25.4 Å². The van der Waals surface area contributed by atoms with Gasteiger partial charge in [0.2, 0.25) is 0 Å². The van der Waals surface area contributed by atoms with Gasteiger partial charge >= 0.3 is 6.09 Å². The number of hydrogen-bond donors (Lipinski definition) is 1. The van der Waals surface area contributed by atoms with E-state index in [9.17, 15) is 13.6 Å². The Morgan fingerprint density at radius 1 is 1.10 bits per heavy atom. The number of rotatable bonds is 4. The smallest absolute Gasteiger partial charge is 0.410 e. The normalized spacial score (nSPS) is 17.2. The van der Waals surface area contributed by atoms with E-state index in [-0.39, 0.29) is 35.1 Å².